The first-order chi connectivity index (χ1) is 6.66. The Morgan fingerprint density at radius 3 is 2.57 bits per heavy atom. The number of nitrogens with zero attached hydrogens (tertiary/aromatic N) is 2. The Labute approximate surface area is 103 Å². The van der Waals surface area contributed by atoms with E-state index in [0.717, 1.165) is 10.6 Å². The van der Waals surface area contributed by atoms with E-state index in [1.165, 1.54) is 11.5 Å². The monoisotopic (exact) mass is 308 g/mol. The molecule has 0 spiro atoms. The predicted octanol–water partition coefficient (Wildman–Crippen LogP) is 4.27. The molecule has 0 aliphatic rings. The van der Waals surface area contributed by atoms with Crippen molar-refractivity contribution in [3.63, 3.8) is 0 Å². The van der Waals surface area contributed by atoms with E-state index in [2.05, 4.69) is 25.3 Å². The Balaban J connectivity index is 2.47. The van der Waals surface area contributed by atoms with Crippen LogP contribution in [0.15, 0.2) is 22.9 Å². The smallest absolute Gasteiger partial charge is 0.209 e. The molecule has 2 nitrogen and oxygen atoms in total. The van der Waals surface area contributed by atoms with E-state index < -0.39 is 0 Å². The molecule has 2 aromatic rings. The molecule has 1 heterocycles. The van der Waals surface area contributed by atoms with Gasteiger partial charge in [-0.2, -0.15) is 4.37 Å². The van der Waals surface area contributed by atoms with Crippen LogP contribution in [0, 0.1) is 0 Å². The van der Waals surface area contributed by atoms with Gasteiger partial charge in [-0.3, -0.25) is 0 Å². The Morgan fingerprint density at radius 2 is 2.00 bits per heavy atom. The summed E-state index contributed by atoms with van der Waals surface area (Å²) < 4.78 is 4.60. The summed E-state index contributed by atoms with van der Waals surface area (Å²) in [5.41, 5.74) is 0.919. The first-order valence-corrected chi connectivity index (χ1v) is 5.93. The standard InChI is InChI=1S/C8H3BrCl2N2S/c9-8-12-7(14-13-8)4-1-2-5(10)6(11)3-4/h1-3H. The lowest BCUT2D eigenvalue weighted by Gasteiger charge is -1.97. The molecular formula is C8H3BrCl2N2S. The van der Waals surface area contributed by atoms with Gasteiger partial charge in [-0.15, -0.1) is 0 Å². The predicted molar refractivity (Wildman–Crippen MR) is 63.1 cm³/mol. The molecule has 2 rings (SSSR count). The third kappa shape index (κ3) is 2.08. The second-order valence-corrected chi connectivity index (χ2v) is 4.77. The zero-order chi connectivity index (χ0) is 10.1. The highest BCUT2D eigenvalue weighted by molar-refractivity contribution is 9.10. The molecular weight excluding hydrogens is 307 g/mol. The Bertz CT molecular complexity index is 472. The van der Waals surface area contributed by atoms with Crippen molar-refractivity contribution in [3.8, 4) is 10.6 Å². The molecule has 1 aromatic heterocycles. The van der Waals surface area contributed by atoms with Crippen LogP contribution in [0.4, 0.5) is 0 Å². The van der Waals surface area contributed by atoms with Gasteiger partial charge in [0.15, 0.2) is 0 Å². The van der Waals surface area contributed by atoms with Crippen LogP contribution >= 0.6 is 50.7 Å². The van der Waals surface area contributed by atoms with Gasteiger partial charge in [0.25, 0.3) is 0 Å². The number of benzene rings is 1. The maximum atomic E-state index is 5.88. The summed E-state index contributed by atoms with van der Waals surface area (Å²) in [6.45, 7) is 0. The first kappa shape index (κ1) is 10.4. The van der Waals surface area contributed by atoms with E-state index in [0.29, 0.717) is 14.8 Å². The van der Waals surface area contributed by atoms with E-state index in [1.54, 1.807) is 12.1 Å². The summed E-state index contributed by atoms with van der Waals surface area (Å²) in [5, 5.41) is 1.88. The molecule has 0 bridgehead atoms. The molecule has 6 heteroatoms. The average molecular weight is 310 g/mol. The fourth-order valence-corrected chi connectivity index (χ4v) is 2.32. The van der Waals surface area contributed by atoms with Gasteiger partial charge in [-0.05, 0) is 39.6 Å². The minimum atomic E-state index is 0.524. The fraction of sp³-hybridized carbons (Fsp3) is 0. The highest BCUT2D eigenvalue weighted by Crippen LogP contribution is 2.29. The van der Waals surface area contributed by atoms with Crippen molar-refractivity contribution in [1.82, 2.24) is 9.36 Å². The van der Waals surface area contributed by atoms with Gasteiger partial charge in [-0.25, -0.2) is 4.98 Å². The molecule has 0 saturated carbocycles. The quantitative estimate of drug-likeness (QED) is 0.786. The highest BCUT2D eigenvalue weighted by Gasteiger charge is 2.06. The number of hydrogen-bond acceptors (Lipinski definition) is 3. The number of hydrogen-bond donors (Lipinski definition) is 0. The second-order valence-electron chi connectivity index (χ2n) is 2.50. The van der Waals surface area contributed by atoms with Gasteiger partial charge < -0.3 is 0 Å². The molecule has 72 valence electrons. The second kappa shape index (κ2) is 4.14. The molecule has 0 atom stereocenters. The largest absolute Gasteiger partial charge is 0.209 e. The van der Waals surface area contributed by atoms with Crippen molar-refractivity contribution in [2.45, 2.75) is 0 Å². The normalized spacial score (nSPS) is 10.5. The molecule has 0 radical (unpaired) electrons. The maximum Gasteiger partial charge on any atom is 0.209 e. The zero-order valence-electron chi connectivity index (χ0n) is 6.67. The highest BCUT2D eigenvalue weighted by atomic mass is 79.9. The average Bonchev–Trinajstić information content (AvgIpc) is 2.57. The van der Waals surface area contributed by atoms with E-state index in [9.17, 15) is 0 Å². The van der Waals surface area contributed by atoms with Crippen LogP contribution in [0.2, 0.25) is 10.0 Å². The fourth-order valence-electron chi connectivity index (χ4n) is 0.952. The lowest BCUT2D eigenvalue weighted by Crippen LogP contribution is -1.76. The van der Waals surface area contributed by atoms with Crippen molar-refractivity contribution in [2.24, 2.45) is 0 Å². The maximum absolute atomic E-state index is 5.88. The lowest BCUT2D eigenvalue weighted by atomic mass is 10.2. The van der Waals surface area contributed by atoms with Gasteiger partial charge in [0.05, 0.1) is 10.0 Å². The van der Waals surface area contributed by atoms with Crippen LogP contribution in [0.1, 0.15) is 0 Å². The van der Waals surface area contributed by atoms with Crippen LogP contribution in [-0.2, 0) is 0 Å². The van der Waals surface area contributed by atoms with Gasteiger partial charge in [0.1, 0.15) is 5.01 Å². The van der Waals surface area contributed by atoms with Crippen LogP contribution in [0.25, 0.3) is 10.6 Å². The van der Waals surface area contributed by atoms with Crippen LogP contribution in [-0.4, -0.2) is 9.36 Å². The molecule has 0 saturated heterocycles. The SMILES string of the molecule is Clc1ccc(-c2nc(Br)ns2)cc1Cl. The summed E-state index contributed by atoms with van der Waals surface area (Å²) >= 11 is 16.2. The van der Waals surface area contributed by atoms with Gasteiger partial charge in [0, 0.05) is 5.56 Å². The van der Waals surface area contributed by atoms with E-state index in [4.69, 9.17) is 23.2 Å². The molecule has 0 unspecified atom stereocenters. The molecule has 0 N–H and O–H groups in total. The summed E-state index contributed by atoms with van der Waals surface area (Å²) in [6, 6.07) is 5.38. The molecule has 0 aliphatic heterocycles. The molecule has 1 aromatic carbocycles. The third-order valence-electron chi connectivity index (χ3n) is 1.57. The molecule has 0 amide bonds. The Kier molecular flexibility index (Phi) is 3.07. The zero-order valence-corrected chi connectivity index (χ0v) is 10.6. The number of halogens is 3. The van der Waals surface area contributed by atoms with Gasteiger partial charge in [-0.1, -0.05) is 29.3 Å². The van der Waals surface area contributed by atoms with Gasteiger partial charge in [0.2, 0.25) is 4.73 Å². The van der Waals surface area contributed by atoms with Crippen molar-refractivity contribution in [2.75, 3.05) is 0 Å². The van der Waals surface area contributed by atoms with Crippen LogP contribution < -0.4 is 0 Å². The molecule has 14 heavy (non-hydrogen) atoms. The van der Waals surface area contributed by atoms with E-state index >= 15 is 0 Å². The Hall–Kier alpha value is -0.160. The van der Waals surface area contributed by atoms with E-state index in [-0.39, 0.29) is 0 Å². The van der Waals surface area contributed by atoms with E-state index in [1.807, 2.05) is 6.07 Å². The summed E-state index contributed by atoms with van der Waals surface area (Å²) in [6.07, 6.45) is 0. The van der Waals surface area contributed by atoms with Crippen molar-refractivity contribution >= 4 is 50.7 Å². The summed E-state index contributed by atoms with van der Waals surface area (Å²) in [4.78, 5) is 4.17. The first-order valence-electron chi connectivity index (χ1n) is 3.61. The van der Waals surface area contributed by atoms with Crippen molar-refractivity contribution in [1.29, 1.82) is 0 Å². The number of rotatable bonds is 1. The third-order valence-corrected chi connectivity index (χ3v) is 3.66. The molecule has 0 aliphatic carbocycles. The van der Waals surface area contributed by atoms with Crippen LogP contribution in [0.5, 0.6) is 0 Å². The summed E-state index contributed by atoms with van der Waals surface area (Å²) in [7, 11) is 0. The Morgan fingerprint density at radius 1 is 1.21 bits per heavy atom. The van der Waals surface area contributed by atoms with Crippen LogP contribution in [0.3, 0.4) is 0 Å². The van der Waals surface area contributed by atoms with Crippen molar-refractivity contribution in [3.05, 3.63) is 33.0 Å². The summed E-state index contributed by atoms with van der Waals surface area (Å²) in [5.74, 6) is 0. The van der Waals surface area contributed by atoms with Gasteiger partial charge >= 0.3 is 0 Å². The topological polar surface area (TPSA) is 25.8 Å². The molecule has 0 fully saturated rings. The minimum Gasteiger partial charge on any atom is -0.209 e. The number of aromatic nitrogens is 2. The lowest BCUT2D eigenvalue weighted by molar-refractivity contribution is 1.26. The minimum absolute atomic E-state index is 0.524. The van der Waals surface area contributed by atoms with Crippen molar-refractivity contribution < 1.29 is 0 Å².